The number of ether oxygens (including phenoxy) is 1. The third-order valence-electron chi connectivity index (χ3n) is 3.16. The zero-order chi connectivity index (χ0) is 15.6. The first-order chi connectivity index (χ1) is 9.82. The third-order valence-corrected chi connectivity index (χ3v) is 3.16. The van der Waals surface area contributed by atoms with E-state index >= 15 is 0 Å². The fourth-order valence-corrected chi connectivity index (χ4v) is 2.11. The number of anilines is 1. The number of alkyl halides is 3. The van der Waals surface area contributed by atoms with Gasteiger partial charge in [-0.2, -0.15) is 18.3 Å². The number of aromatic nitrogens is 2. The van der Waals surface area contributed by atoms with Crippen LogP contribution in [-0.4, -0.2) is 16.9 Å². The Bertz CT molecular complexity index is 618. The summed E-state index contributed by atoms with van der Waals surface area (Å²) in [5.74, 6) is 0.631. The zero-order valence-electron chi connectivity index (χ0n) is 12.0. The van der Waals surface area contributed by atoms with Crippen LogP contribution in [-0.2, 0) is 19.8 Å². The Balaban J connectivity index is 2.10. The number of rotatable bonds is 4. The summed E-state index contributed by atoms with van der Waals surface area (Å²) in [4.78, 5) is 0. The topological polar surface area (TPSA) is 39.1 Å². The minimum atomic E-state index is -4.32. The highest BCUT2D eigenvalue weighted by Gasteiger charge is 2.29. The van der Waals surface area contributed by atoms with Gasteiger partial charge in [0.2, 0.25) is 5.88 Å². The number of halogens is 3. The number of hydrogen-bond donors (Lipinski definition) is 1. The number of benzene rings is 1. The van der Waals surface area contributed by atoms with Crippen LogP contribution in [0, 0.1) is 6.92 Å². The van der Waals surface area contributed by atoms with Crippen molar-refractivity contribution in [3.05, 3.63) is 41.1 Å². The maximum absolute atomic E-state index is 12.5. The summed E-state index contributed by atoms with van der Waals surface area (Å²) in [6, 6.07) is 4.91. The quantitative estimate of drug-likeness (QED) is 0.941. The second kappa shape index (κ2) is 5.67. The van der Waals surface area contributed by atoms with Crippen molar-refractivity contribution in [1.82, 2.24) is 9.78 Å². The number of aryl methyl sites for hydroxylation is 2. The van der Waals surface area contributed by atoms with Crippen LogP contribution in [0.5, 0.6) is 5.88 Å². The number of hydrogen-bond acceptors (Lipinski definition) is 3. The van der Waals surface area contributed by atoms with Crippen molar-refractivity contribution in [2.45, 2.75) is 19.6 Å². The van der Waals surface area contributed by atoms with Gasteiger partial charge in [0.1, 0.15) is 0 Å². The molecule has 1 heterocycles. The summed E-state index contributed by atoms with van der Waals surface area (Å²) < 4.78 is 44.3. The van der Waals surface area contributed by atoms with Gasteiger partial charge in [-0.05, 0) is 31.2 Å². The molecule has 0 radical (unpaired) electrons. The molecule has 0 saturated carbocycles. The van der Waals surface area contributed by atoms with Crippen molar-refractivity contribution in [2.75, 3.05) is 12.4 Å². The van der Waals surface area contributed by atoms with Crippen LogP contribution in [0.25, 0.3) is 0 Å². The number of nitrogens with zero attached hydrogens (tertiary/aromatic N) is 2. The lowest BCUT2D eigenvalue weighted by Gasteiger charge is -2.10. The summed E-state index contributed by atoms with van der Waals surface area (Å²) in [7, 11) is 3.32. The SMILES string of the molecule is COc1c(CNc2ccc(C(F)(F)F)cc2)c(C)nn1C. The molecule has 2 rings (SSSR count). The molecular weight excluding hydrogens is 283 g/mol. The molecule has 0 aliphatic heterocycles. The Kier molecular flexibility index (Phi) is 4.11. The van der Waals surface area contributed by atoms with Crippen molar-refractivity contribution in [2.24, 2.45) is 7.05 Å². The summed E-state index contributed by atoms with van der Waals surface area (Å²) >= 11 is 0. The molecule has 0 fully saturated rings. The van der Waals surface area contributed by atoms with E-state index < -0.39 is 11.7 Å². The van der Waals surface area contributed by atoms with E-state index in [1.165, 1.54) is 12.1 Å². The molecule has 0 bridgehead atoms. The van der Waals surface area contributed by atoms with E-state index in [0.717, 1.165) is 23.4 Å². The average molecular weight is 299 g/mol. The Morgan fingerprint density at radius 1 is 1.24 bits per heavy atom. The molecule has 0 aliphatic carbocycles. The second-order valence-corrected chi connectivity index (χ2v) is 4.63. The molecule has 7 heteroatoms. The summed E-state index contributed by atoms with van der Waals surface area (Å²) in [6.07, 6.45) is -4.32. The molecule has 21 heavy (non-hydrogen) atoms. The molecule has 0 saturated heterocycles. The van der Waals surface area contributed by atoms with Crippen LogP contribution in [0.3, 0.4) is 0 Å². The maximum Gasteiger partial charge on any atom is 0.416 e. The van der Waals surface area contributed by atoms with Gasteiger partial charge in [-0.3, -0.25) is 0 Å². The smallest absolute Gasteiger partial charge is 0.416 e. The highest BCUT2D eigenvalue weighted by molar-refractivity contribution is 5.46. The van der Waals surface area contributed by atoms with E-state index in [1.807, 2.05) is 6.92 Å². The molecule has 0 aliphatic rings. The highest BCUT2D eigenvalue weighted by Crippen LogP contribution is 2.30. The predicted molar refractivity (Wildman–Crippen MR) is 73.3 cm³/mol. The molecule has 1 aromatic carbocycles. The molecule has 0 amide bonds. The molecular formula is C14H16F3N3O. The third kappa shape index (κ3) is 3.29. The number of methoxy groups -OCH3 is 1. The van der Waals surface area contributed by atoms with Crippen LogP contribution in [0.4, 0.5) is 18.9 Å². The zero-order valence-corrected chi connectivity index (χ0v) is 12.0. The molecule has 1 N–H and O–H groups in total. The van der Waals surface area contributed by atoms with Gasteiger partial charge in [-0.1, -0.05) is 0 Å². The summed E-state index contributed by atoms with van der Waals surface area (Å²) in [5.41, 5.74) is 1.63. The van der Waals surface area contributed by atoms with Crippen LogP contribution in [0.2, 0.25) is 0 Å². The molecule has 1 aromatic heterocycles. The van der Waals surface area contributed by atoms with Crippen molar-refractivity contribution >= 4 is 5.69 Å². The monoisotopic (exact) mass is 299 g/mol. The van der Waals surface area contributed by atoms with E-state index in [-0.39, 0.29) is 0 Å². The lowest BCUT2D eigenvalue weighted by molar-refractivity contribution is -0.137. The summed E-state index contributed by atoms with van der Waals surface area (Å²) in [5, 5.41) is 7.31. The van der Waals surface area contributed by atoms with Crippen molar-refractivity contribution in [3.8, 4) is 5.88 Å². The van der Waals surface area contributed by atoms with E-state index in [0.29, 0.717) is 18.1 Å². The summed E-state index contributed by atoms with van der Waals surface area (Å²) in [6.45, 7) is 2.28. The Labute approximate surface area is 120 Å². The molecule has 0 unspecified atom stereocenters. The normalized spacial score (nSPS) is 11.5. The highest BCUT2D eigenvalue weighted by atomic mass is 19.4. The van der Waals surface area contributed by atoms with E-state index in [9.17, 15) is 13.2 Å². The molecule has 0 spiro atoms. The lowest BCUT2D eigenvalue weighted by atomic mass is 10.2. The molecule has 4 nitrogen and oxygen atoms in total. The Hall–Kier alpha value is -2.18. The predicted octanol–water partition coefficient (Wildman–Crippen LogP) is 3.37. The van der Waals surface area contributed by atoms with Crippen LogP contribution in [0.1, 0.15) is 16.8 Å². The van der Waals surface area contributed by atoms with Gasteiger partial charge in [0, 0.05) is 19.3 Å². The first-order valence-corrected chi connectivity index (χ1v) is 6.30. The molecule has 114 valence electrons. The van der Waals surface area contributed by atoms with Gasteiger partial charge in [0.05, 0.1) is 23.9 Å². The standard InChI is InChI=1S/C14H16F3N3O/c1-9-12(13(21-3)20(2)19-9)8-18-11-6-4-10(5-7-11)14(15,16)17/h4-7,18H,8H2,1-3H3. The van der Waals surface area contributed by atoms with Crippen molar-refractivity contribution in [3.63, 3.8) is 0 Å². The lowest BCUT2D eigenvalue weighted by Crippen LogP contribution is -2.06. The van der Waals surface area contributed by atoms with E-state index in [4.69, 9.17) is 4.74 Å². The van der Waals surface area contributed by atoms with Crippen LogP contribution < -0.4 is 10.1 Å². The van der Waals surface area contributed by atoms with Gasteiger partial charge in [0.15, 0.2) is 0 Å². The van der Waals surface area contributed by atoms with Gasteiger partial charge in [0.25, 0.3) is 0 Å². The molecule has 2 aromatic rings. The van der Waals surface area contributed by atoms with Crippen molar-refractivity contribution < 1.29 is 17.9 Å². The molecule has 0 atom stereocenters. The van der Waals surface area contributed by atoms with Crippen LogP contribution in [0.15, 0.2) is 24.3 Å². The Morgan fingerprint density at radius 3 is 2.38 bits per heavy atom. The fraction of sp³-hybridized carbons (Fsp3) is 0.357. The van der Waals surface area contributed by atoms with Gasteiger partial charge in [-0.15, -0.1) is 0 Å². The van der Waals surface area contributed by atoms with Crippen molar-refractivity contribution in [1.29, 1.82) is 0 Å². The minimum absolute atomic E-state index is 0.425. The maximum atomic E-state index is 12.5. The number of nitrogens with one attached hydrogen (secondary N) is 1. The van der Waals surface area contributed by atoms with Gasteiger partial charge in [-0.25, -0.2) is 4.68 Å². The van der Waals surface area contributed by atoms with Gasteiger partial charge < -0.3 is 10.1 Å². The first kappa shape index (κ1) is 15.2. The average Bonchev–Trinajstić information content (AvgIpc) is 2.69. The van der Waals surface area contributed by atoms with E-state index in [1.54, 1.807) is 18.8 Å². The van der Waals surface area contributed by atoms with Crippen LogP contribution >= 0.6 is 0 Å². The Morgan fingerprint density at radius 2 is 1.86 bits per heavy atom. The minimum Gasteiger partial charge on any atom is -0.481 e. The second-order valence-electron chi connectivity index (χ2n) is 4.63. The largest absolute Gasteiger partial charge is 0.481 e. The van der Waals surface area contributed by atoms with E-state index in [2.05, 4.69) is 10.4 Å². The first-order valence-electron chi connectivity index (χ1n) is 6.30. The fourth-order valence-electron chi connectivity index (χ4n) is 2.11. The van der Waals surface area contributed by atoms with Gasteiger partial charge >= 0.3 is 6.18 Å².